The second-order valence-electron chi connectivity index (χ2n) is 14.2. The summed E-state index contributed by atoms with van der Waals surface area (Å²) in [7, 11) is 2.17. The normalized spacial score (nSPS) is 17.3. The van der Waals surface area contributed by atoms with Gasteiger partial charge in [0.2, 0.25) is 0 Å². The predicted octanol–water partition coefficient (Wildman–Crippen LogP) is 11.6. The van der Waals surface area contributed by atoms with Gasteiger partial charge in [0, 0.05) is 50.6 Å². The van der Waals surface area contributed by atoms with Crippen molar-refractivity contribution in [2.75, 3.05) is 11.9 Å². The topological polar surface area (TPSA) is 29.0 Å². The van der Waals surface area contributed by atoms with Crippen LogP contribution in [0.3, 0.4) is 0 Å². The summed E-state index contributed by atoms with van der Waals surface area (Å²) in [5.74, 6) is 1.44. The molecule has 1 aliphatic heterocycles. The average molecular weight is 810 g/mol. The number of fused-ring (bicyclic) bond motifs is 2. The number of pyridine rings is 2. The van der Waals surface area contributed by atoms with Crippen LogP contribution in [0.15, 0.2) is 97.3 Å². The van der Waals surface area contributed by atoms with Crippen LogP contribution in [0.2, 0.25) is 0 Å². The number of hydrogen-bond acceptors (Lipinski definition) is 3. The molecule has 0 bridgehead atoms. The number of rotatable bonds is 4. The van der Waals surface area contributed by atoms with E-state index in [0.29, 0.717) is 5.92 Å². The van der Waals surface area contributed by atoms with Gasteiger partial charge in [0.05, 0.1) is 0 Å². The molecule has 5 aromatic rings. The van der Waals surface area contributed by atoms with Crippen LogP contribution in [0.4, 0.5) is 11.4 Å². The van der Waals surface area contributed by atoms with Gasteiger partial charge in [-0.1, -0.05) is 119 Å². The van der Waals surface area contributed by atoms with E-state index >= 15 is 0 Å². The van der Waals surface area contributed by atoms with E-state index in [0.717, 1.165) is 28.4 Å². The van der Waals surface area contributed by atoms with Crippen molar-refractivity contribution in [3.63, 3.8) is 0 Å². The predicted molar refractivity (Wildman–Crippen MR) is 195 cm³/mol. The first-order valence-electron chi connectivity index (χ1n) is 17.8. The molecule has 2 fully saturated rings. The molecule has 3 heterocycles. The molecule has 0 unspecified atom stereocenters. The third-order valence-electron chi connectivity index (χ3n) is 10.9. The molecule has 0 saturated heterocycles. The Kier molecular flexibility index (Phi) is 10.9. The minimum atomic E-state index is -0.0513. The zero-order valence-electron chi connectivity index (χ0n) is 28.6. The first-order valence-corrected chi connectivity index (χ1v) is 17.8. The fourth-order valence-corrected chi connectivity index (χ4v) is 8.14. The van der Waals surface area contributed by atoms with Gasteiger partial charge in [-0.05, 0) is 59.1 Å². The maximum absolute atomic E-state index is 4.91. The summed E-state index contributed by atoms with van der Waals surface area (Å²) in [4.78, 5) is 11.6. The van der Waals surface area contributed by atoms with Gasteiger partial charge in [0.1, 0.15) is 0 Å². The molecular formula is C44H47IrN3-2. The van der Waals surface area contributed by atoms with Crippen LogP contribution < -0.4 is 4.90 Å². The molecule has 8 rings (SSSR count). The number of aromatic nitrogens is 2. The molecule has 4 heteroatoms. The SMILES string of the molecule is CN1c2ccccc2C(C)(C)c2cc[c-]c(-c3ccc(C4CCCCC4)cn3)c21.[Ir].[c-]1cc(C2CCCCC2)ccc1-c1ccccn1. The summed E-state index contributed by atoms with van der Waals surface area (Å²) in [6.07, 6.45) is 17.5. The van der Waals surface area contributed by atoms with Gasteiger partial charge in [-0.2, -0.15) is 0 Å². The smallest absolute Gasteiger partial charge is 0.0365 e. The molecule has 3 aromatic carbocycles. The average Bonchev–Trinajstić information content (AvgIpc) is 3.15. The molecule has 0 atom stereocenters. The van der Waals surface area contributed by atoms with Gasteiger partial charge in [-0.25, -0.2) is 0 Å². The molecule has 0 amide bonds. The van der Waals surface area contributed by atoms with E-state index in [1.807, 2.05) is 24.4 Å². The standard InChI is InChI=1S/C27H29N2.C17H18N.Ir/c1-27(2)22-13-7-8-15-25(22)29(3)26-21(12-9-14-23(26)27)24-17-16-20(18-28-24)19-10-5-4-6-11-19;1-2-6-14(7-3-1)15-9-11-16(12-10-15)17-8-4-5-13-18-17;/h7-9,13-19H,4-6,10-11H2,1-3H3;4-5,8-11,13-14H,1-3,6-7H2;/q2*-1;. The third-order valence-corrected chi connectivity index (χ3v) is 10.9. The van der Waals surface area contributed by atoms with Crippen molar-refractivity contribution in [1.82, 2.24) is 9.97 Å². The van der Waals surface area contributed by atoms with Crippen LogP contribution in [0.25, 0.3) is 22.5 Å². The molecule has 2 saturated carbocycles. The molecule has 3 aliphatic rings. The van der Waals surface area contributed by atoms with Crippen molar-refractivity contribution in [2.24, 2.45) is 0 Å². The van der Waals surface area contributed by atoms with Crippen LogP contribution >= 0.6 is 0 Å². The van der Waals surface area contributed by atoms with E-state index in [2.05, 4.69) is 116 Å². The number of benzene rings is 3. The summed E-state index contributed by atoms with van der Waals surface area (Å²) in [5, 5.41) is 0. The zero-order valence-corrected chi connectivity index (χ0v) is 31.0. The monoisotopic (exact) mass is 810 g/mol. The van der Waals surface area contributed by atoms with Crippen molar-refractivity contribution in [2.45, 2.75) is 95.3 Å². The van der Waals surface area contributed by atoms with Crippen molar-refractivity contribution >= 4 is 11.4 Å². The van der Waals surface area contributed by atoms with Crippen molar-refractivity contribution < 1.29 is 20.1 Å². The first kappa shape index (κ1) is 34.3. The molecule has 2 aliphatic carbocycles. The van der Waals surface area contributed by atoms with E-state index in [1.54, 1.807) is 0 Å². The van der Waals surface area contributed by atoms with E-state index < -0.39 is 0 Å². The van der Waals surface area contributed by atoms with Crippen LogP contribution in [0, 0.1) is 12.1 Å². The number of para-hydroxylation sites is 1. The molecule has 0 spiro atoms. The third kappa shape index (κ3) is 7.07. The molecule has 48 heavy (non-hydrogen) atoms. The Morgan fingerprint density at radius 3 is 2.00 bits per heavy atom. The second-order valence-corrected chi connectivity index (χ2v) is 14.2. The van der Waals surface area contributed by atoms with Crippen molar-refractivity contribution in [3.05, 3.63) is 132 Å². The Bertz CT molecular complexity index is 1770. The fraction of sp³-hybridized carbons (Fsp3) is 0.364. The van der Waals surface area contributed by atoms with Crippen LogP contribution in [-0.4, -0.2) is 17.0 Å². The van der Waals surface area contributed by atoms with Crippen molar-refractivity contribution in [1.29, 1.82) is 0 Å². The first-order chi connectivity index (χ1) is 23.0. The zero-order chi connectivity index (χ0) is 32.2. The Labute approximate surface area is 301 Å². The van der Waals surface area contributed by atoms with E-state index in [1.165, 1.54) is 97.8 Å². The van der Waals surface area contributed by atoms with Crippen LogP contribution in [-0.2, 0) is 25.5 Å². The quantitative estimate of drug-likeness (QED) is 0.169. The number of anilines is 2. The molecule has 0 N–H and O–H groups in total. The Balaban J connectivity index is 0.000000182. The molecule has 249 valence electrons. The fourth-order valence-electron chi connectivity index (χ4n) is 8.14. The largest absolute Gasteiger partial charge is 0.384 e. The Hall–Kier alpha value is -3.59. The number of nitrogens with zero attached hydrogens (tertiary/aromatic N) is 3. The maximum Gasteiger partial charge on any atom is 0.0365 e. The van der Waals surface area contributed by atoms with E-state index in [-0.39, 0.29) is 25.5 Å². The summed E-state index contributed by atoms with van der Waals surface area (Å²) in [5.41, 5.74) is 12.2. The van der Waals surface area contributed by atoms with Crippen LogP contribution in [0.5, 0.6) is 0 Å². The Morgan fingerprint density at radius 1 is 0.667 bits per heavy atom. The summed E-state index contributed by atoms with van der Waals surface area (Å²) < 4.78 is 0. The van der Waals surface area contributed by atoms with Gasteiger partial charge in [-0.3, -0.25) is 0 Å². The van der Waals surface area contributed by atoms with E-state index in [9.17, 15) is 0 Å². The van der Waals surface area contributed by atoms with Gasteiger partial charge in [0.25, 0.3) is 0 Å². The summed E-state index contributed by atoms with van der Waals surface area (Å²) in [6, 6.07) is 37.0. The molecule has 3 nitrogen and oxygen atoms in total. The minimum Gasteiger partial charge on any atom is -0.384 e. The Morgan fingerprint density at radius 2 is 1.35 bits per heavy atom. The van der Waals surface area contributed by atoms with Crippen molar-refractivity contribution in [3.8, 4) is 22.5 Å². The number of hydrogen-bond donors (Lipinski definition) is 0. The van der Waals surface area contributed by atoms with Crippen LogP contribution in [0.1, 0.15) is 112 Å². The maximum atomic E-state index is 4.91. The molecular weight excluding hydrogens is 763 g/mol. The van der Waals surface area contributed by atoms with E-state index in [4.69, 9.17) is 4.98 Å². The molecule has 1 radical (unpaired) electrons. The van der Waals surface area contributed by atoms with Gasteiger partial charge >= 0.3 is 0 Å². The minimum absolute atomic E-state index is 0. The summed E-state index contributed by atoms with van der Waals surface area (Å²) >= 11 is 0. The van der Waals surface area contributed by atoms with Gasteiger partial charge in [-0.15, -0.1) is 59.2 Å². The molecule has 2 aromatic heterocycles. The summed E-state index contributed by atoms with van der Waals surface area (Å²) in [6.45, 7) is 4.64. The second kappa shape index (κ2) is 15.3. The van der Waals surface area contributed by atoms with Gasteiger partial charge in [0.15, 0.2) is 0 Å². The van der Waals surface area contributed by atoms with Gasteiger partial charge < -0.3 is 14.9 Å².